The molecule has 2 atom stereocenters. The van der Waals surface area contributed by atoms with Crippen LogP contribution < -0.4 is 0 Å². The molecular weight excluding hydrogens is 321 g/mol. The van der Waals surface area contributed by atoms with Crippen molar-refractivity contribution < 1.29 is 19.1 Å². The van der Waals surface area contributed by atoms with Crippen LogP contribution in [0.5, 0.6) is 0 Å². The highest BCUT2D eigenvalue weighted by Gasteiger charge is 2.45. The quantitative estimate of drug-likeness (QED) is 0.909. The summed E-state index contributed by atoms with van der Waals surface area (Å²) < 4.78 is 13.4. The Labute approximate surface area is 148 Å². The van der Waals surface area contributed by atoms with Crippen LogP contribution in [0.4, 0.5) is 4.39 Å². The van der Waals surface area contributed by atoms with Crippen molar-refractivity contribution >= 4 is 11.9 Å². The average Bonchev–Trinajstić information content (AvgIpc) is 2.61. The monoisotopic (exact) mass is 347 g/mol. The third kappa shape index (κ3) is 3.42. The number of nitrogens with zero attached hydrogens (tertiary/aromatic N) is 1. The van der Waals surface area contributed by atoms with Gasteiger partial charge in [-0.15, -0.1) is 0 Å². The molecule has 0 bridgehead atoms. The molecule has 1 saturated heterocycles. The maximum absolute atomic E-state index is 13.5. The Bertz CT molecular complexity index is 637. The van der Waals surface area contributed by atoms with E-state index < -0.39 is 11.4 Å². The number of aliphatic carboxylic acids is 1. The predicted molar refractivity (Wildman–Crippen MR) is 92.6 cm³/mol. The molecule has 1 aliphatic heterocycles. The SMILES string of the molecule is CC1CN(C(=O)C2(c3ccc(F)cc3)CCCCC2)CCC1C(=O)O. The van der Waals surface area contributed by atoms with E-state index in [-0.39, 0.29) is 23.6 Å². The van der Waals surface area contributed by atoms with Gasteiger partial charge in [-0.05, 0) is 42.9 Å². The smallest absolute Gasteiger partial charge is 0.306 e. The van der Waals surface area contributed by atoms with E-state index in [4.69, 9.17) is 0 Å². The summed E-state index contributed by atoms with van der Waals surface area (Å²) in [4.78, 5) is 26.6. The number of carboxylic acids is 1. The molecule has 1 aromatic carbocycles. The van der Waals surface area contributed by atoms with Gasteiger partial charge in [0.15, 0.2) is 0 Å². The van der Waals surface area contributed by atoms with E-state index >= 15 is 0 Å². The van der Waals surface area contributed by atoms with Gasteiger partial charge in [0.05, 0.1) is 11.3 Å². The van der Waals surface area contributed by atoms with Crippen LogP contribution in [0.3, 0.4) is 0 Å². The van der Waals surface area contributed by atoms with E-state index in [0.717, 1.165) is 37.7 Å². The van der Waals surface area contributed by atoms with Gasteiger partial charge in [0.2, 0.25) is 5.91 Å². The molecule has 0 radical (unpaired) electrons. The Kier molecular flexibility index (Phi) is 5.11. The van der Waals surface area contributed by atoms with Crippen LogP contribution in [0.25, 0.3) is 0 Å². The zero-order valence-corrected chi connectivity index (χ0v) is 14.7. The van der Waals surface area contributed by atoms with Crippen molar-refractivity contribution in [3.63, 3.8) is 0 Å². The minimum atomic E-state index is -0.773. The Morgan fingerprint density at radius 3 is 2.36 bits per heavy atom. The molecule has 1 heterocycles. The first-order chi connectivity index (χ1) is 11.9. The normalized spacial score (nSPS) is 26.2. The zero-order valence-electron chi connectivity index (χ0n) is 14.7. The first kappa shape index (κ1) is 17.9. The van der Waals surface area contributed by atoms with Crippen molar-refractivity contribution in [2.75, 3.05) is 13.1 Å². The van der Waals surface area contributed by atoms with E-state index in [1.54, 1.807) is 12.1 Å². The first-order valence-electron chi connectivity index (χ1n) is 9.22. The molecule has 1 aliphatic carbocycles. The van der Waals surface area contributed by atoms with Crippen molar-refractivity contribution in [2.24, 2.45) is 11.8 Å². The lowest BCUT2D eigenvalue weighted by atomic mass is 9.68. The van der Waals surface area contributed by atoms with Crippen molar-refractivity contribution in [2.45, 2.75) is 50.9 Å². The topological polar surface area (TPSA) is 57.6 Å². The lowest BCUT2D eigenvalue weighted by Crippen LogP contribution is -2.53. The van der Waals surface area contributed by atoms with Gasteiger partial charge in [-0.3, -0.25) is 9.59 Å². The highest BCUT2D eigenvalue weighted by molar-refractivity contribution is 5.88. The van der Waals surface area contributed by atoms with Crippen molar-refractivity contribution in [3.05, 3.63) is 35.6 Å². The molecule has 0 aromatic heterocycles. The van der Waals surface area contributed by atoms with Crippen LogP contribution in [0.1, 0.15) is 51.0 Å². The van der Waals surface area contributed by atoms with Gasteiger partial charge in [0.1, 0.15) is 5.82 Å². The van der Waals surface area contributed by atoms with E-state index in [1.165, 1.54) is 12.1 Å². The summed E-state index contributed by atoms with van der Waals surface area (Å²) in [5, 5.41) is 9.30. The average molecular weight is 347 g/mol. The molecule has 1 N–H and O–H groups in total. The molecule has 2 aliphatic rings. The number of piperidine rings is 1. The second-order valence-electron chi connectivity index (χ2n) is 7.61. The molecule has 136 valence electrons. The number of amides is 1. The minimum absolute atomic E-state index is 0.0518. The molecule has 1 amide bonds. The highest BCUT2D eigenvalue weighted by Crippen LogP contribution is 2.42. The lowest BCUT2D eigenvalue weighted by Gasteiger charge is -2.43. The summed E-state index contributed by atoms with van der Waals surface area (Å²) in [6.45, 7) is 2.88. The second-order valence-corrected chi connectivity index (χ2v) is 7.61. The molecule has 1 aromatic rings. The maximum Gasteiger partial charge on any atom is 0.306 e. The molecule has 0 spiro atoms. The summed E-state index contributed by atoms with van der Waals surface area (Å²) in [7, 11) is 0. The van der Waals surface area contributed by atoms with Crippen LogP contribution in [0.2, 0.25) is 0 Å². The van der Waals surface area contributed by atoms with Gasteiger partial charge in [0.25, 0.3) is 0 Å². The number of halogens is 1. The number of benzene rings is 1. The number of likely N-dealkylation sites (tertiary alicyclic amines) is 1. The number of hydrogen-bond donors (Lipinski definition) is 1. The molecule has 5 heteroatoms. The number of hydrogen-bond acceptors (Lipinski definition) is 2. The third-order valence-electron chi connectivity index (χ3n) is 6.02. The van der Waals surface area contributed by atoms with Crippen LogP contribution in [-0.4, -0.2) is 35.0 Å². The third-order valence-corrected chi connectivity index (χ3v) is 6.02. The zero-order chi connectivity index (χ0) is 18.0. The van der Waals surface area contributed by atoms with Gasteiger partial charge >= 0.3 is 5.97 Å². The summed E-state index contributed by atoms with van der Waals surface area (Å²) >= 11 is 0. The second kappa shape index (κ2) is 7.14. The first-order valence-corrected chi connectivity index (χ1v) is 9.22. The molecule has 3 rings (SSSR count). The van der Waals surface area contributed by atoms with E-state index in [9.17, 15) is 19.1 Å². The van der Waals surface area contributed by atoms with Gasteiger partial charge in [-0.2, -0.15) is 0 Å². The van der Waals surface area contributed by atoms with Crippen LogP contribution >= 0.6 is 0 Å². The van der Waals surface area contributed by atoms with E-state index in [0.29, 0.717) is 19.5 Å². The van der Waals surface area contributed by atoms with Crippen molar-refractivity contribution in [3.8, 4) is 0 Å². The number of rotatable bonds is 3. The van der Waals surface area contributed by atoms with E-state index in [1.807, 2.05) is 11.8 Å². The van der Waals surface area contributed by atoms with Crippen molar-refractivity contribution in [1.82, 2.24) is 4.90 Å². The Morgan fingerprint density at radius 1 is 1.16 bits per heavy atom. The maximum atomic E-state index is 13.5. The number of carboxylic acid groups (broad SMARTS) is 1. The van der Waals surface area contributed by atoms with Crippen LogP contribution in [0, 0.1) is 17.7 Å². The minimum Gasteiger partial charge on any atom is -0.481 e. The fourth-order valence-electron chi connectivity index (χ4n) is 4.55. The van der Waals surface area contributed by atoms with Gasteiger partial charge in [-0.1, -0.05) is 38.3 Å². The highest BCUT2D eigenvalue weighted by atomic mass is 19.1. The lowest BCUT2D eigenvalue weighted by molar-refractivity contribution is -0.150. The summed E-state index contributed by atoms with van der Waals surface area (Å²) in [6.07, 6.45) is 5.17. The van der Waals surface area contributed by atoms with Gasteiger partial charge in [-0.25, -0.2) is 4.39 Å². The summed E-state index contributed by atoms with van der Waals surface area (Å²) in [6, 6.07) is 6.34. The van der Waals surface area contributed by atoms with E-state index in [2.05, 4.69) is 0 Å². The molecular formula is C20H26FNO3. The van der Waals surface area contributed by atoms with Gasteiger partial charge in [0, 0.05) is 13.1 Å². The molecule has 1 saturated carbocycles. The molecule has 4 nitrogen and oxygen atoms in total. The van der Waals surface area contributed by atoms with Crippen molar-refractivity contribution in [1.29, 1.82) is 0 Å². The Hall–Kier alpha value is -1.91. The molecule has 25 heavy (non-hydrogen) atoms. The Morgan fingerprint density at radius 2 is 1.80 bits per heavy atom. The van der Waals surface area contributed by atoms with Crippen LogP contribution in [-0.2, 0) is 15.0 Å². The largest absolute Gasteiger partial charge is 0.481 e. The predicted octanol–water partition coefficient (Wildman–Crippen LogP) is 3.60. The summed E-state index contributed by atoms with van der Waals surface area (Å²) in [5.74, 6) is -1.40. The molecule has 2 unspecified atom stereocenters. The standard InChI is InChI=1S/C20H26FNO3/c1-14-13-22(12-9-17(14)18(23)24)19(25)20(10-3-2-4-11-20)15-5-7-16(21)8-6-15/h5-8,14,17H,2-4,9-13H2,1H3,(H,23,24). The molecule has 2 fully saturated rings. The fourth-order valence-corrected chi connectivity index (χ4v) is 4.55. The van der Waals surface area contributed by atoms with Gasteiger partial charge < -0.3 is 10.0 Å². The number of carbonyl (C=O) groups excluding carboxylic acids is 1. The Balaban J connectivity index is 1.85. The fraction of sp³-hybridized carbons (Fsp3) is 0.600. The summed E-state index contributed by atoms with van der Waals surface area (Å²) in [5.41, 5.74) is 0.313. The number of carbonyl (C=O) groups is 2. The van der Waals surface area contributed by atoms with Crippen LogP contribution in [0.15, 0.2) is 24.3 Å².